The number of hydrogen-bond acceptors (Lipinski definition) is 8. The van der Waals surface area contributed by atoms with Crippen LogP contribution in [0.5, 0.6) is 5.75 Å². The Labute approximate surface area is 208 Å². The minimum atomic E-state index is -3.51. The average Bonchev–Trinajstić information content (AvgIpc) is 2.82. The summed E-state index contributed by atoms with van der Waals surface area (Å²) >= 11 is 0. The number of ether oxygens (including phenoxy) is 2. The number of pyridine rings is 1. The molecule has 1 saturated heterocycles. The second kappa shape index (κ2) is 11.5. The molecule has 12 heteroatoms. The third-order valence-electron chi connectivity index (χ3n) is 6.10. The first kappa shape index (κ1) is 27.8. The van der Waals surface area contributed by atoms with Gasteiger partial charge in [0.05, 0.1) is 13.2 Å². The van der Waals surface area contributed by atoms with E-state index in [9.17, 15) is 27.1 Å². The summed E-state index contributed by atoms with van der Waals surface area (Å²) in [5, 5.41) is 18.3. The number of sulfone groups is 1. The van der Waals surface area contributed by atoms with Gasteiger partial charge in [0.2, 0.25) is 0 Å². The number of rotatable bonds is 8. The molecule has 0 saturated carbocycles. The standard InChI is InChI=1S/C24H30F2N2O7S/c1-14-18(4-5-22(27-14)36(3,32)33)17-10-19(25)23(20(26)11-17)34-13-16-6-8-28(9-7-16)24(31)35-15(2)21(30)12-29/h4-5,10-11,15-16,21,29-30H,6-9,12-13H2,1-3H3. The van der Waals surface area contributed by atoms with Gasteiger partial charge < -0.3 is 24.6 Å². The molecule has 0 bridgehead atoms. The van der Waals surface area contributed by atoms with Gasteiger partial charge in [-0.1, -0.05) is 0 Å². The number of benzene rings is 1. The first-order valence-corrected chi connectivity index (χ1v) is 13.3. The fourth-order valence-corrected chi connectivity index (χ4v) is 4.46. The molecule has 1 aromatic carbocycles. The molecule has 2 atom stereocenters. The summed E-state index contributed by atoms with van der Waals surface area (Å²) in [6, 6.07) is 4.97. The largest absolute Gasteiger partial charge is 0.487 e. The summed E-state index contributed by atoms with van der Waals surface area (Å²) < 4.78 is 63.4. The van der Waals surface area contributed by atoms with E-state index < -0.39 is 52.1 Å². The van der Waals surface area contributed by atoms with Crippen molar-refractivity contribution < 1.29 is 41.7 Å². The van der Waals surface area contributed by atoms with Crippen molar-refractivity contribution in [3.8, 4) is 16.9 Å². The Balaban J connectivity index is 1.60. The number of aliphatic hydroxyl groups is 2. The van der Waals surface area contributed by atoms with E-state index >= 15 is 0 Å². The van der Waals surface area contributed by atoms with Gasteiger partial charge in [-0.15, -0.1) is 0 Å². The topological polar surface area (TPSA) is 126 Å². The van der Waals surface area contributed by atoms with E-state index in [2.05, 4.69) is 4.98 Å². The molecule has 198 valence electrons. The van der Waals surface area contributed by atoms with Crippen LogP contribution < -0.4 is 4.74 Å². The maximum absolute atomic E-state index is 14.7. The molecule has 2 unspecified atom stereocenters. The monoisotopic (exact) mass is 528 g/mol. The van der Waals surface area contributed by atoms with Crippen molar-refractivity contribution in [2.24, 2.45) is 5.92 Å². The molecule has 36 heavy (non-hydrogen) atoms. The van der Waals surface area contributed by atoms with Gasteiger partial charge in [0.1, 0.15) is 12.2 Å². The number of likely N-dealkylation sites (tertiary alicyclic amines) is 1. The van der Waals surface area contributed by atoms with E-state index in [0.29, 0.717) is 37.2 Å². The van der Waals surface area contributed by atoms with Gasteiger partial charge in [-0.2, -0.15) is 0 Å². The second-order valence-corrected chi connectivity index (χ2v) is 10.9. The fraction of sp³-hybridized carbons (Fsp3) is 0.500. The summed E-state index contributed by atoms with van der Waals surface area (Å²) in [4.78, 5) is 17.7. The smallest absolute Gasteiger partial charge is 0.410 e. The highest BCUT2D eigenvalue weighted by atomic mass is 32.2. The molecule has 1 aliphatic heterocycles. The predicted octanol–water partition coefficient (Wildman–Crippen LogP) is 2.71. The zero-order chi connectivity index (χ0) is 26.6. The second-order valence-electron chi connectivity index (χ2n) is 8.90. The van der Waals surface area contributed by atoms with Gasteiger partial charge in [-0.05, 0) is 62.4 Å². The van der Waals surface area contributed by atoms with Gasteiger partial charge in [0.15, 0.2) is 32.2 Å². The Bertz CT molecular complexity index is 1180. The zero-order valence-electron chi connectivity index (χ0n) is 20.3. The van der Waals surface area contributed by atoms with Crippen LogP contribution in [0.25, 0.3) is 11.1 Å². The molecule has 3 rings (SSSR count). The Morgan fingerprint density at radius 1 is 1.22 bits per heavy atom. The molecule has 1 amide bonds. The predicted molar refractivity (Wildman–Crippen MR) is 126 cm³/mol. The Morgan fingerprint density at radius 3 is 2.36 bits per heavy atom. The van der Waals surface area contributed by atoms with E-state index in [1.807, 2.05) is 0 Å². The molecular formula is C24H30F2N2O7S. The third-order valence-corrected chi connectivity index (χ3v) is 7.09. The normalized spacial score (nSPS) is 16.5. The molecule has 2 heterocycles. The van der Waals surface area contributed by atoms with Crippen molar-refractivity contribution in [1.82, 2.24) is 9.88 Å². The molecule has 9 nitrogen and oxygen atoms in total. The van der Waals surface area contributed by atoms with Gasteiger partial charge in [-0.3, -0.25) is 0 Å². The lowest BCUT2D eigenvalue weighted by molar-refractivity contribution is -0.0285. The van der Waals surface area contributed by atoms with Crippen LogP contribution in [0, 0.1) is 24.5 Å². The van der Waals surface area contributed by atoms with E-state index in [-0.39, 0.29) is 23.1 Å². The Morgan fingerprint density at radius 2 is 1.83 bits per heavy atom. The number of aryl methyl sites for hydroxylation is 1. The van der Waals surface area contributed by atoms with E-state index in [1.54, 1.807) is 6.92 Å². The summed E-state index contributed by atoms with van der Waals surface area (Å²) in [5.41, 5.74) is 0.914. The maximum Gasteiger partial charge on any atom is 0.410 e. The SMILES string of the molecule is Cc1nc(S(C)(=O)=O)ccc1-c1cc(F)c(OCC2CCN(C(=O)OC(C)C(O)CO)CC2)c(F)c1. The molecule has 2 aromatic rings. The first-order valence-electron chi connectivity index (χ1n) is 11.4. The van der Waals surface area contributed by atoms with E-state index in [0.717, 1.165) is 18.4 Å². The maximum atomic E-state index is 14.7. The number of aromatic nitrogens is 1. The summed E-state index contributed by atoms with van der Waals surface area (Å²) in [6.45, 7) is 3.29. The molecule has 1 aromatic heterocycles. The van der Waals surface area contributed by atoms with Gasteiger partial charge in [0.25, 0.3) is 0 Å². The lowest BCUT2D eigenvalue weighted by atomic mass is 9.98. The number of carbonyl (C=O) groups is 1. The van der Waals surface area contributed by atoms with Crippen molar-refractivity contribution >= 4 is 15.9 Å². The van der Waals surface area contributed by atoms with E-state index in [1.165, 1.54) is 24.0 Å². The molecule has 0 spiro atoms. The van der Waals surface area contributed by atoms with Crippen LogP contribution in [0.4, 0.5) is 13.6 Å². The zero-order valence-corrected chi connectivity index (χ0v) is 21.1. The van der Waals surface area contributed by atoms with Crippen LogP contribution in [-0.4, -0.2) is 79.4 Å². The Kier molecular flexibility index (Phi) is 8.85. The number of aliphatic hydroxyl groups excluding tert-OH is 2. The molecule has 2 N–H and O–H groups in total. The van der Waals surface area contributed by atoms with Crippen LogP contribution in [0.1, 0.15) is 25.5 Å². The molecular weight excluding hydrogens is 498 g/mol. The van der Waals surface area contributed by atoms with Crippen molar-refractivity contribution in [3.63, 3.8) is 0 Å². The summed E-state index contributed by atoms with van der Waals surface area (Å²) in [6.07, 6.45) is -0.523. The van der Waals surface area contributed by atoms with Gasteiger partial charge in [-0.25, -0.2) is 27.0 Å². The van der Waals surface area contributed by atoms with Crippen molar-refractivity contribution in [1.29, 1.82) is 0 Å². The highest BCUT2D eigenvalue weighted by Gasteiger charge is 2.27. The number of nitrogens with zero attached hydrogens (tertiary/aromatic N) is 2. The molecule has 0 aliphatic carbocycles. The van der Waals surface area contributed by atoms with Crippen LogP contribution in [-0.2, 0) is 14.6 Å². The average molecular weight is 529 g/mol. The minimum Gasteiger partial charge on any atom is -0.487 e. The van der Waals surface area contributed by atoms with Crippen LogP contribution in [0.2, 0.25) is 0 Å². The molecule has 0 radical (unpaired) electrons. The van der Waals surface area contributed by atoms with Crippen molar-refractivity contribution in [2.45, 2.75) is 43.9 Å². The number of piperidine rings is 1. The minimum absolute atomic E-state index is 0.0389. The lowest BCUT2D eigenvalue weighted by Gasteiger charge is -2.32. The number of halogens is 2. The van der Waals surface area contributed by atoms with Crippen LogP contribution >= 0.6 is 0 Å². The lowest BCUT2D eigenvalue weighted by Crippen LogP contribution is -2.43. The van der Waals surface area contributed by atoms with Crippen molar-refractivity contribution in [3.05, 3.63) is 41.6 Å². The third kappa shape index (κ3) is 6.68. The number of carbonyl (C=O) groups excluding carboxylic acids is 1. The number of amides is 1. The van der Waals surface area contributed by atoms with Gasteiger partial charge >= 0.3 is 6.09 Å². The van der Waals surface area contributed by atoms with Crippen molar-refractivity contribution in [2.75, 3.05) is 32.6 Å². The summed E-state index contributed by atoms with van der Waals surface area (Å²) in [7, 11) is -3.51. The van der Waals surface area contributed by atoms with E-state index in [4.69, 9.17) is 14.6 Å². The van der Waals surface area contributed by atoms with Crippen LogP contribution in [0.15, 0.2) is 29.3 Å². The molecule has 1 fully saturated rings. The summed E-state index contributed by atoms with van der Waals surface area (Å²) in [5.74, 6) is -2.34. The van der Waals surface area contributed by atoms with Gasteiger partial charge in [0, 0.05) is 30.6 Å². The first-order chi connectivity index (χ1) is 16.9. The fourth-order valence-electron chi connectivity index (χ4n) is 3.85. The number of hydrogen-bond donors (Lipinski definition) is 2. The van der Waals surface area contributed by atoms with Crippen LogP contribution in [0.3, 0.4) is 0 Å². The quantitative estimate of drug-likeness (QED) is 0.536. The molecule has 1 aliphatic rings. The highest BCUT2D eigenvalue weighted by molar-refractivity contribution is 7.90. The highest BCUT2D eigenvalue weighted by Crippen LogP contribution is 2.31. The Hall–Kier alpha value is -2.83.